The van der Waals surface area contributed by atoms with Gasteiger partial charge < -0.3 is 19.4 Å². The average Bonchev–Trinajstić information content (AvgIpc) is 2.98. The maximum Gasteiger partial charge on any atom is 0.244 e. The number of carbonyl (C=O) groups excluding carboxylic acids is 1. The van der Waals surface area contributed by atoms with Gasteiger partial charge in [-0.1, -0.05) is 12.1 Å². The molecule has 2 heterocycles. The molecule has 0 atom stereocenters. The van der Waals surface area contributed by atoms with Crippen molar-refractivity contribution in [1.82, 2.24) is 9.55 Å². The van der Waals surface area contributed by atoms with Crippen LogP contribution in [0.4, 0.5) is 5.69 Å². The van der Waals surface area contributed by atoms with Crippen molar-refractivity contribution in [1.29, 1.82) is 0 Å². The number of nitrogens with one attached hydrogen (secondary N) is 1. The number of rotatable bonds is 5. The van der Waals surface area contributed by atoms with E-state index in [0.29, 0.717) is 51.7 Å². The molecule has 1 aromatic heterocycles. The zero-order chi connectivity index (χ0) is 20.6. The van der Waals surface area contributed by atoms with E-state index in [4.69, 9.17) is 9.47 Å². The summed E-state index contributed by atoms with van der Waals surface area (Å²) in [5.74, 6) is 0.922. The molecule has 3 aromatic rings. The molecule has 2 aromatic carbocycles. The lowest BCUT2D eigenvalue weighted by Gasteiger charge is -2.20. The molecule has 0 aliphatic carbocycles. The molecular formula is C19H18BrN3O5S. The first-order valence-electron chi connectivity index (χ1n) is 8.81. The van der Waals surface area contributed by atoms with E-state index in [9.17, 15) is 13.2 Å². The predicted octanol–water partition coefficient (Wildman–Crippen LogP) is 2.75. The van der Waals surface area contributed by atoms with Crippen LogP contribution in [0.25, 0.3) is 11.0 Å². The summed E-state index contributed by atoms with van der Waals surface area (Å²) in [6, 6.07) is 10.7. The van der Waals surface area contributed by atoms with E-state index in [0.717, 1.165) is 6.26 Å². The number of halogens is 1. The van der Waals surface area contributed by atoms with E-state index in [2.05, 4.69) is 26.2 Å². The minimum atomic E-state index is -3.31. The van der Waals surface area contributed by atoms with Crippen molar-refractivity contribution < 1.29 is 22.7 Å². The Morgan fingerprint density at radius 3 is 2.62 bits per heavy atom. The number of aromatic nitrogens is 2. The van der Waals surface area contributed by atoms with Crippen LogP contribution < -0.4 is 14.8 Å². The Kier molecular flexibility index (Phi) is 5.22. The Labute approximate surface area is 175 Å². The molecule has 10 heteroatoms. The van der Waals surface area contributed by atoms with Crippen LogP contribution in [0.15, 0.2) is 40.9 Å². The monoisotopic (exact) mass is 479 g/mol. The molecule has 0 saturated carbocycles. The normalized spacial score (nSPS) is 13.4. The van der Waals surface area contributed by atoms with Crippen LogP contribution in [0.3, 0.4) is 0 Å². The van der Waals surface area contributed by atoms with Gasteiger partial charge in [-0.15, -0.1) is 0 Å². The van der Waals surface area contributed by atoms with Crippen LogP contribution in [0.1, 0.15) is 5.82 Å². The SMILES string of the molecule is CS(=O)(=O)Cc1nc2ccccc2n1CC(=O)Nc1cc2c(cc1Br)OCCO2. The minimum Gasteiger partial charge on any atom is -0.486 e. The second kappa shape index (κ2) is 7.68. The van der Waals surface area contributed by atoms with Gasteiger partial charge in [0.05, 0.1) is 16.7 Å². The highest BCUT2D eigenvalue weighted by atomic mass is 79.9. The largest absolute Gasteiger partial charge is 0.486 e. The van der Waals surface area contributed by atoms with Crippen LogP contribution in [0, 0.1) is 0 Å². The van der Waals surface area contributed by atoms with Crippen LogP contribution in [-0.4, -0.2) is 43.3 Å². The van der Waals surface area contributed by atoms with Gasteiger partial charge in [0.15, 0.2) is 21.3 Å². The molecule has 0 fully saturated rings. The van der Waals surface area contributed by atoms with E-state index in [1.165, 1.54) is 0 Å². The minimum absolute atomic E-state index is 0.0771. The summed E-state index contributed by atoms with van der Waals surface area (Å²) in [4.78, 5) is 17.2. The molecule has 8 nitrogen and oxygen atoms in total. The van der Waals surface area contributed by atoms with Crippen LogP contribution in [-0.2, 0) is 26.9 Å². The van der Waals surface area contributed by atoms with Gasteiger partial charge in [0.1, 0.15) is 31.3 Å². The third kappa shape index (κ3) is 4.38. The molecule has 1 amide bonds. The second-order valence-electron chi connectivity index (χ2n) is 6.70. The number of benzene rings is 2. The zero-order valence-electron chi connectivity index (χ0n) is 15.5. The van der Waals surface area contributed by atoms with E-state index < -0.39 is 9.84 Å². The molecule has 0 unspecified atom stereocenters. The van der Waals surface area contributed by atoms with Crippen molar-refractivity contribution in [3.8, 4) is 11.5 Å². The molecule has 1 aliphatic heterocycles. The Morgan fingerprint density at radius 1 is 1.21 bits per heavy atom. The summed E-state index contributed by atoms with van der Waals surface area (Å²) >= 11 is 3.43. The number of imidazole rings is 1. The summed E-state index contributed by atoms with van der Waals surface area (Å²) in [6.45, 7) is 0.839. The van der Waals surface area contributed by atoms with E-state index in [1.807, 2.05) is 12.1 Å². The van der Waals surface area contributed by atoms with Crippen molar-refractivity contribution in [2.24, 2.45) is 0 Å². The Balaban J connectivity index is 1.62. The lowest BCUT2D eigenvalue weighted by molar-refractivity contribution is -0.116. The highest BCUT2D eigenvalue weighted by Crippen LogP contribution is 2.38. The number of para-hydroxylation sites is 2. The Morgan fingerprint density at radius 2 is 1.90 bits per heavy atom. The number of hydrogen-bond acceptors (Lipinski definition) is 6. The third-order valence-electron chi connectivity index (χ3n) is 4.33. The number of sulfone groups is 1. The number of fused-ring (bicyclic) bond motifs is 2. The van der Waals surface area contributed by atoms with Crippen LogP contribution >= 0.6 is 15.9 Å². The number of ether oxygens (including phenoxy) is 2. The fourth-order valence-corrected chi connectivity index (χ4v) is 4.25. The lowest BCUT2D eigenvalue weighted by Crippen LogP contribution is -2.22. The Hall–Kier alpha value is -2.59. The fraction of sp³-hybridized carbons (Fsp3) is 0.263. The number of nitrogens with zero attached hydrogens (tertiary/aromatic N) is 2. The van der Waals surface area contributed by atoms with Crippen molar-refractivity contribution in [2.75, 3.05) is 24.8 Å². The molecular weight excluding hydrogens is 462 g/mol. The number of carbonyl (C=O) groups is 1. The van der Waals surface area contributed by atoms with Crippen LogP contribution in [0.5, 0.6) is 11.5 Å². The quantitative estimate of drug-likeness (QED) is 0.603. The summed E-state index contributed by atoms with van der Waals surface area (Å²) < 4.78 is 37.0. The molecule has 29 heavy (non-hydrogen) atoms. The number of hydrogen-bond donors (Lipinski definition) is 1. The average molecular weight is 480 g/mol. The first kappa shape index (κ1) is 19.7. The summed E-state index contributed by atoms with van der Waals surface area (Å²) in [7, 11) is -3.31. The molecule has 152 valence electrons. The molecule has 0 radical (unpaired) electrons. The molecule has 4 rings (SSSR count). The highest BCUT2D eigenvalue weighted by Gasteiger charge is 2.19. The summed E-state index contributed by atoms with van der Waals surface area (Å²) in [6.07, 6.45) is 1.14. The molecule has 0 spiro atoms. The maximum atomic E-state index is 12.8. The fourth-order valence-electron chi connectivity index (χ4n) is 3.14. The van der Waals surface area contributed by atoms with Gasteiger partial charge in [0, 0.05) is 22.9 Å². The first-order chi connectivity index (χ1) is 13.8. The molecule has 0 bridgehead atoms. The van der Waals surface area contributed by atoms with Gasteiger partial charge in [-0.05, 0) is 28.1 Å². The molecule has 1 N–H and O–H groups in total. The van der Waals surface area contributed by atoms with Gasteiger partial charge in [0.25, 0.3) is 0 Å². The van der Waals surface area contributed by atoms with Gasteiger partial charge >= 0.3 is 0 Å². The van der Waals surface area contributed by atoms with Crippen molar-refractivity contribution >= 4 is 48.4 Å². The smallest absolute Gasteiger partial charge is 0.244 e. The molecule has 0 saturated heterocycles. The van der Waals surface area contributed by atoms with Crippen molar-refractivity contribution in [2.45, 2.75) is 12.3 Å². The standard InChI is InChI=1S/C19H18BrN3O5S/c1-29(25,26)11-18-21-13-4-2-3-5-15(13)23(18)10-19(24)22-14-9-17-16(8-12(14)20)27-6-7-28-17/h2-5,8-9H,6-7,10-11H2,1H3,(H,22,24). The summed E-state index contributed by atoms with van der Waals surface area (Å²) in [5.41, 5.74) is 1.87. The number of amides is 1. The topological polar surface area (TPSA) is 99.5 Å². The first-order valence-corrected chi connectivity index (χ1v) is 11.7. The predicted molar refractivity (Wildman–Crippen MR) is 112 cm³/mol. The third-order valence-corrected chi connectivity index (χ3v) is 5.77. The highest BCUT2D eigenvalue weighted by molar-refractivity contribution is 9.10. The second-order valence-corrected chi connectivity index (χ2v) is 9.69. The van der Waals surface area contributed by atoms with Gasteiger partial charge in [-0.3, -0.25) is 4.79 Å². The molecule has 1 aliphatic rings. The van der Waals surface area contributed by atoms with Gasteiger partial charge in [-0.2, -0.15) is 0 Å². The van der Waals surface area contributed by atoms with Gasteiger partial charge in [0.2, 0.25) is 5.91 Å². The number of anilines is 1. The van der Waals surface area contributed by atoms with Crippen molar-refractivity contribution in [3.63, 3.8) is 0 Å². The Bertz CT molecular complexity index is 1210. The van der Waals surface area contributed by atoms with E-state index in [-0.39, 0.29) is 18.2 Å². The van der Waals surface area contributed by atoms with Crippen LogP contribution in [0.2, 0.25) is 0 Å². The lowest BCUT2D eigenvalue weighted by atomic mass is 10.2. The van der Waals surface area contributed by atoms with Crippen molar-refractivity contribution in [3.05, 3.63) is 46.7 Å². The summed E-state index contributed by atoms with van der Waals surface area (Å²) in [5, 5.41) is 2.83. The maximum absolute atomic E-state index is 12.8. The zero-order valence-corrected chi connectivity index (χ0v) is 17.9. The van der Waals surface area contributed by atoms with E-state index in [1.54, 1.807) is 28.8 Å². The van der Waals surface area contributed by atoms with E-state index >= 15 is 0 Å². The van der Waals surface area contributed by atoms with Gasteiger partial charge in [-0.25, -0.2) is 13.4 Å².